The molecule has 102 valence electrons. The van der Waals surface area contributed by atoms with Crippen LogP contribution in [0.5, 0.6) is 5.75 Å². The lowest BCUT2D eigenvalue weighted by Gasteiger charge is -2.09. The highest BCUT2D eigenvalue weighted by Crippen LogP contribution is 2.20. The van der Waals surface area contributed by atoms with Crippen LogP contribution >= 0.6 is 0 Å². The van der Waals surface area contributed by atoms with Crippen LogP contribution in [0.4, 0.5) is 4.39 Å². The summed E-state index contributed by atoms with van der Waals surface area (Å²) >= 11 is 0. The normalized spacial score (nSPS) is 9.75. The summed E-state index contributed by atoms with van der Waals surface area (Å²) in [6.45, 7) is 2.48. The van der Waals surface area contributed by atoms with Crippen LogP contribution in [0.3, 0.4) is 0 Å². The Morgan fingerprint density at radius 1 is 1.20 bits per heavy atom. The minimum atomic E-state index is -0.360. The molecule has 2 rings (SSSR count). The van der Waals surface area contributed by atoms with E-state index in [1.165, 1.54) is 6.07 Å². The van der Waals surface area contributed by atoms with Crippen molar-refractivity contribution in [2.75, 3.05) is 6.54 Å². The highest BCUT2D eigenvalue weighted by molar-refractivity contribution is 5.41. The molecule has 0 spiro atoms. The van der Waals surface area contributed by atoms with E-state index in [1.807, 2.05) is 31.2 Å². The van der Waals surface area contributed by atoms with Crippen LogP contribution in [0, 0.1) is 24.6 Å². The first-order valence-electron chi connectivity index (χ1n) is 6.36. The second-order valence-electron chi connectivity index (χ2n) is 4.39. The van der Waals surface area contributed by atoms with Crippen LogP contribution in [0.1, 0.15) is 16.7 Å². The van der Waals surface area contributed by atoms with Crippen LogP contribution in [0.25, 0.3) is 0 Å². The number of hydrogen-bond donors (Lipinski definition) is 1. The minimum Gasteiger partial charge on any atom is -0.486 e. The number of aryl methyl sites for hydroxylation is 1. The standard InChI is InChI=1S/C17H16FNO/c1-13-8-9-16(18)17(11-13)20-12-15-6-3-2-5-14(15)7-4-10-19/h2-3,5-6,8-9,11H,10,12,19H2,1H3. The van der Waals surface area contributed by atoms with Gasteiger partial charge in [0.2, 0.25) is 0 Å². The van der Waals surface area contributed by atoms with E-state index in [-0.39, 0.29) is 18.2 Å². The molecule has 3 heteroatoms. The fourth-order valence-corrected chi connectivity index (χ4v) is 1.79. The first-order valence-corrected chi connectivity index (χ1v) is 6.36. The lowest BCUT2D eigenvalue weighted by molar-refractivity contribution is 0.290. The number of halogens is 1. The third-order valence-electron chi connectivity index (χ3n) is 2.81. The van der Waals surface area contributed by atoms with Gasteiger partial charge in [-0.05, 0) is 30.7 Å². The molecule has 0 heterocycles. The van der Waals surface area contributed by atoms with Gasteiger partial charge in [-0.15, -0.1) is 0 Å². The van der Waals surface area contributed by atoms with Gasteiger partial charge in [0.05, 0.1) is 6.54 Å². The number of benzene rings is 2. The van der Waals surface area contributed by atoms with Gasteiger partial charge >= 0.3 is 0 Å². The third kappa shape index (κ3) is 3.59. The zero-order chi connectivity index (χ0) is 14.4. The van der Waals surface area contributed by atoms with E-state index < -0.39 is 0 Å². The largest absolute Gasteiger partial charge is 0.486 e. The average molecular weight is 269 g/mol. The molecule has 0 unspecified atom stereocenters. The van der Waals surface area contributed by atoms with Crippen LogP contribution in [-0.2, 0) is 6.61 Å². The van der Waals surface area contributed by atoms with Gasteiger partial charge in [0.1, 0.15) is 6.61 Å². The lowest BCUT2D eigenvalue weighted by atomic mass is 10.1. The minimum absolute atomic E-state index is 0.256. The summed E-state index contributed by atoms with van der Waals surface area (Å²) in [5.41, 5.74) is 8.09. The molecule has 0 fully saturated rings. The van der Waals surface area contributed by atoms with Crippen LogP contribution in [-0.4, -0.2) is 6.54 Å². The molecule has 0 saturated heterocycles. The Morgan fingerprint density at radius 3 is 2.80 bits per heavy atom. The molecule has 0 aliphatic rings. The van der Waals surface area contributed by atoms with Gasteiger partial charge in [0.15, 0.2) is 11.6 Å². The first-order chi connectivity index (χ1) is 9.70. The quantitative estimate of drug-likeness (QED) is 0.869. The van der Waals surface area contributed by atoms with Crippen LogP contribution in [0.15, 0.2) is 42.5 Å². The SMILES string of the molecule is Cc1ccc(F)c(OCc2ccccc2C#CCN)c1. The smallest absolute Gasteiger partial charge is 0.165 e. The van der Waals surface area contributed by atoms with Crippen molar-refractivity contribution in [3.05, 3.63) is 65.0 Å². The first kappa shape index (κ1) is 14.1. The fourth-order valence-electron chi connectivity index (χ4n) is 1.79. The van der Waals surface area contributed by atoms with Crippen LogP contribution < -0.4 is 10.5 Å². The van der Waals surface area contributed by atoms with Crippen molar-refractivity contribution in [3.63, 3.8) is 0 Å². The molecule has 2 N–H and O–H groups in total. The molecular weight excluding hydrogens is 253 g/mol. The summed E-state index contributed by atoms with van der Waals surface area (Å²) in [4.78, 5) is 0. The molecule has 0 aromatic heterocycles. The van der Waals surface area contributed by atoms with E-state index in [1.54, 1.807) is 12.1 Å². The van der Waals surface area contributed by atoms with Gasteiger partial charge in [0, 0.05) is 11.1 Å². The van der Waals surface area contributed by atoms with Crippen molar-refractivity contribution in [2.45, 2.75) is 13.5 Å². The molecule has 0 aliphatic carbocycles. The number of rotatable bonds is 3. The molecule has 0 atom stereocenters. The zero-order valence-corrected chi connectivity index (χ0v) is 11.3. The van der Waals surface area contributed by atoms with Gasteiger partial charge in [-0.2, -0.15) is 0 Å². The van der Waals surface area contributed by atoms with Crippen molar-refractivity contribution >= 4 is 0 Å². The predicted octanol–water partition coefficient (Wildman–Crippen LogP) is 3.02. The van der Waals surface area contributed by atoms with Gasteiger partial charge in [-0.25, -0.2) is 4.39 Å². The van der Waals surface area contributed by atoms with Crippen molar-refractivity contribution in [2.24, 2.45) is 5.73 Å². The highest BCUT2D eigenvalue weighted by atomic mass is 19.1. The van der Waals surface area contributed by atoms with E-state index >= 15 is 0 Å². The molecule has 0 bridgehead atoms. The molecule has 0 saturated carbocycles. The Kier molecular flexibility index (Phi) is 4.75. The topological polar surface area (TPSA) is 35.2 Å². The van der Waals surface area contributed by atoms with E-state index in [2.05, 4.69) is 11.8 Å². The van der Waals surface area contributed by atoms with Crippen molar-refractivity contribution in [3.8, 4) is 17.6 Å². The number of nitrogens with two attached hydrogens (primary N) is 1. The molecule has 0 aliphatic heterocycles. The molecule has 2 nitrogen and oxygen atoms in total. The van der Waals surface area contributed by atoms with Gasteiger partial charge in [0.25, 0.3) is 0 Å². The Bertz CT molecular complexity index is 656. The van der Waals surface area contributed by atoms with Crippen molar-refractivity contribution < 1.29 is 9.13 Å². The van der Waals surface area contributed by atoms with Gasteiger partial charge in [-0.3, -0.25) is 0 Å². The Morgan fingerprint density at radius 2 is 2.00 bits per heavy atom. The Hall–Kier alpha value is -2.31. The number of ether oxygens (including phenoxy) is 1. The predicted molar refractivity (Wildman–Crippen MR) is 77.8 cm³/mol. The van der Waals surface area contributed by atoms with E-state index in [4.69, 9.17) is 10.5 Å². The molecule has 2 aromatic carbocycles. The maximum absolute atomic E-state index is 13.6. The molecule has 0 amide bonds. The highest BCUT2D eigenvalue weighted by Gasteiger charge is 2.05. The number of hydrogen-bond acceptors (Lipinski definition) is 2. The van der Waals surface area contributed by atoms with Gasteiger partial charge < -0.3 is 10.5 Å². The maximum Gasteiger partial charge on any atom is 0.165 e. The summed E-state index contributed by atoms with van der Waals surface area (Å²) in [7, 11) is 0. The monoisotopic (exact) mass is 269 g/mol. The molecule has 0 radical (unpaired) electrons. The maximum atomic E-state index is 13.6. The fraction of sp³-hybridized carbons (Fsp3) is 0.176. The average Bonchev–Trinajstić information content (AvgIpc) is 2.47. The molecule has 2 aromatic rings. The van der Waals surface area contributed by atoms with Crippen molar-refractivity contribution in [1.82, 2.24) is 0 Å². The molecular formula is C17H16FNO. The Labute approximate surface area is 118 Å². The summed E-state index contributed by atoms with van der Waals surface area (Å²) in [6.07, 6.45) is 0. The van der Waals surface area contributed by atoms with Crippen molar-refractivity contribution in [1.29, 1.82) is 0 Å². The summed E-state index contributed by atoms with van der Waals surface area (Å²) in [5, 5.41) is 0. The van der Waals surface area contributed by atoms with Crippen LogP contribution in [0.2, 0.25) is 0 Å². The zero-order valence-electron chi connectivity index (χ0n) is 11.3. The lowest BCUT2D eigenvalue weighted by Crippen LogP contribution is -2.00. The van der Waals surface area contributed by atoms with E-state index in [0.29, 0.717) is 6.54 Å². The van der Waals surface area contributed by atoms with Gasteiger partial charge in [-0.1, -0.05) is 36.1 Å². The summed E-state index contributed by atoms with van der Waals surface area (Å²) in [6, 6.07) is 12.4. The second-order valence-corrected chi connectivity index (χ2v) is 4.39. The molecule has 20 heavy (non-hydrogen) atoms. The van der Waals surface area contributed by atoms with E-state index in [9.17, 15) is 4.39 Å². The Balaban J connectivity index is 2.17. The summed E-state index contributed by atoms with van der Waals surface area (Å²) in [5.74, 6) is 5.69. The second kappa shape index (κ2) is 6.74. The third-order valence-corrected chi connectivity index (χ3v) is 2.81. The summed E-state index contributed by atoms with van der Waals surface area (Å²) < 4.78 is 19.2. The van der Waals surface area contributed by atoms with E-state index in [0.717, 1.165) is 16.7 Å².